The van der Waals surface area contributed by atoms with Gasteiger partial charge in [0.2, 0.25) is 5.91 Å². The number of hydrogen-bond donors (Lipinski definition) is 5. The molecule has 1 atom stereocenters. The fourth-order valence-electron chi connectivity index (χ4n) is 3.62. The van der Waals surface area contributed by atoms with Gasteiger partial charge in [0.25, 0.3) is 0 Å². The van der Waals surface area contributed by atoms with Gasteiger partial charge < -0.3 is 25.9 Å². The standard InChI is InChI=1S/C22H23N5O3/c1-30-20-7-13(5-6-14(20)12-28)17(8-23)22(29)27-19-4-2-3-16-18(11-24-21(16)19)15-9-25-26-10-15/h2-7,9-11,17,24,28H,8,12,23H2,1H3,(H,25,26)(H,27,29). The van der Waals surface area contributed by atoms with Crippen molar-refractivity contribution in [3.8, 4) is 16.9 Å². The number of aliphatic hydroxyl groups excluding tert-OH is 1. The largest absolute Gasteiger partial charge is 0.496 e. The van der Waals surface area contributed by atoms with E-state index in [-0.39, 0.29) is 19.1 Å². The van der Waals surface area contributed by atoms with E-state index in [9.17, 15) is 9.90 Å². The normalized spacial score (nSPS) is 12.1. The first-order valence-corrected chi connectivity index (χ1v) is 9.54. The molecule has 0 fully saturated rings. The van der Waals surface area contributed by atoms with Crippen molar-refractivity contribution in [3.05, 3.63) is 66.1 Å². The van der Waals surface area contributed by atoms with Crippen LogP contribution in [-0.2, 0) is 11.4 Å². The third kappa shape index (κ3) is 3.54. The van der Waals surface area contributed by atoms with Gasteiger partial charge in [-0.15, -0.1) is 0 Å². The van der Waals surface area contributed by atoms with Crippen LogP contribution in [-0.4, -0.2) is 39.8 Å². The molecule has 0 spiro atoms. The molecule has 154 valence electrons. The fourth-order valence-corrected chi connectivity index (χ4v) is 3.62. The molecule has 30 heavy (non-hydrogen) atoms. The molecule has 0 aliphatic heterocycles. The molecule has 0 radical (unpaired) electrons. The maximum atomic E-state index is 13.1. The number of nitrogens with one attached hydrogen (secondary N) is 3. The Bertz CT molecular complexity index is 1170. The quantitative estimate of drug-likeness (QED) is 0.323. The van der Waals surface area contributed by atoms with E-state index in [1.54, 1.807) is 24.4 Å². The first-order valence-electron chi connectivity index (χ1n) is 9.54. The molecule has 0 aliphatic rings. The van der Waals surface area contributed by atoms with Crippen LogP contribution in [0.5, 0.6) is 5.75 Å². The molecule has 2 aromatic carbocycles. The maximum Gasteiger partial charge on any atom is 0.233 e. The maximum absolute atomic E-state index is 13.1. The molecule has 8 nitrogen and oxygen atoms in total. The van der Waals surface area contributed by atoms with Crippen LogP contribution in [0.15, 0.2) is 55.0 Å². The summed E-state index contributed by atoms with van der Waals surface area (Å²) in [5.41, 5.74) is 10.8. The molecule has 0 bridgehead atoms. The lowest BCUT2D eigenvalue weighted by atomic mass is 9.96. The van der Waals surface area contributed by atoms with E-state index in [0.29, 0.717) is 17.0 Å². The average molecular weight is 405 g/mol. The van der Waals surface area contributed by atoms with Gasteiger partial charge in [0.1, 0.15) is 5.75 Å². The number of aromatic nitrogens is 3. The molecular weight excluding hydrogens is 382 g/mol. The summed E-state index contributed by atoms with van der Waals surface area (Å²) in [5.74, 6) is -0.258. The summed E-state index contributed by atoms with van der Waals surface area (Å²) in [6.45, 7) is -0.00874. The van der Waals surface area contributed by atoms with Gasteiger partial charge in [-0.25, -0.2) is 0 Å². The summed E-state index contributed by atoms with van der Waals surface area (Å²) >= 11 is 0. The fraction of sp³-hybridized carbons (Fsp3) is 0.182. The Morgan fingerprint density at radius 3 is 2.87 bits per heavy atom. The van der Waals surface area contributed by atoms with Crippen LogP contribution in [0, 0.1) is 0 Å². The summed E-state index contributed by atoms with van der Waals surface area (Å²) in [5, 5.41) is 20.2. The number of methoxy groups -OCH3 is 1. The molecule has 1 unspecified atom stereocenters. The number of carbonyl (C=O) groups is 1. The number of para-hydroxylation sites is 1. The van der Waals surface area contributed by atoms with Gasteiger partial charge in [0.05, 0.1) is 37.0 Å². The van der Waals surface area contributed by atoms with Crippen LogP contribution in [0.4, 0.5) is 5.69 Å². The highest BCUT2D eigenvalue weighted by atomic mass is 16.5. The summed E-state index contributed by atoms with van der Waals surface area (Å²) in [6, 6.07) is 11.0. The first kappa shape index (κ1) is 19.7. The number of ether oxygens (including phenoxy) is 1. The number of carbonyl (C=O) groups excluding carboxylic acids is 1. The summed E-state index contributed by atoms with van der Waals surface area (Å²) in [7, 11) is 1.53. The van der Waals surface area contributed by atoms with Gasteiger partial charge in [-0.3, -0.25) is 9.89 Å². The predicted molar refractivity (Wildman–Crippen MR) is 115 cm³/mol. The second kappa shape index (κ2) is 8.40. The summed E-state index contributed by atoms with van der Waals surface area (Å²) < 4.78 is 5.32. The van der Waals surface area contributed by atoms with Crippen LogP contribution in [0.2, 0.25) is 0 Å². The van der Waals surface area contributed by atoms with Gasteiger partial charge in [0.15, 0.2) is 0 Å². The molecule has 4 aromatic rings. The predicted octanol–water partition coefficient (Wildman–Crippen LogP) is 2.74. The Balaban J connectivity index is 1.64. The van der Waals surface area contributed by atoms with Gasteiger partial charge in [0, 0.05) is 41.0 Å². The number of fused-ring (bicyclic) bond motifs is 1. The molecule has 2 heterocycles. The number of amides is 1. The number of nitrogens with zero attached hydrogens (tertiary/aromatic N) is 1. The molecule has 0 saturated heterocycles. The Hall–Kier alpha value is -3.62. The lowest BCUT2D eigenvalue weighted by molar-refractivity contribution is -0.117. The zero-order chi connectivity index (χ0) is 21.1. The van der Waals surface area contributed by atoms with Crippen molar-refractivity contribution in [2.75, 3.05) is 19.0 Å². The van der Waals surface area contributed by atoms with Crippen LogP contribution in [0.3, 0.4) is 0 Å². The van der Waals surface area contributed by atoms with E-state index in [0.717, 1.165) is 27.6 Å². The molecular formula is C22H23N5O3. The van der Waals surface area contributed by atoms with Crippen LogP contribution in [0.1, 0.15) is 17.0 Å². The van der Waals surface area contributed by atoms with Gasteiger partial charge in [-0.05, 0) is 17.7 Å². The van der Waals surface area contributed by atoms with Crippen molar-refractivity contribution in [1.82, 2.24) is 15.2 Å². The second-order valence-electron chi connectivity index (χ2n) is 6.92. The topological polar surface area (TPSA) is 129 Å². The zero-order valence-corrected chi connectivity index (χ0v) is 16.5. The number of benzene rings is 2. The number of H-pyrrole nitrogens is 2. The number of hydrogen-bond acceptors (Lipinski definition) is 5. The van der Waals surface area contributed by atoms with Crippen LogP contribution < -0.4 is 15.8 Å². The monoisotopic (exact) mass is 405 g/mol. The second-order valence-corrected chi connectivity index (χ2v) is 6.92. The molecule has 4 rings (SSSR count). The smallest absolute Gasteiger partial charge is 0.233 e. The van der Waals surface area contributed by atoms with Crippen molar-refractivity contribution >= 4 is 22.5 Å². The van der Waals surface area contributed by atoms with E-state index in [2.05, 4.69) is 20.5 Å². The highest BCUT2D eigenvalue weighted by Crippen LogP contribution is 2.32. The Morgan fingerprint density at radius 2 is 2.17 bits per heavy atom. The van der Waals surface area contributed by atoms with E-state index < -0.39 is 5.92 Å². The van der Waals surface area contributed by atoms with E-state index in [1.165, 1.54) is 7.11 Å². The van der Waals surface area contributed by atoms with Crippen molar-refractivity contribution < 1.29 is 14.6 Å². The first-order chi connectivity index (χ1) is 14.7. The Morgan fingerprint density at radius 1 is 1.30 bits per heavy atom. The van der Waals surface area contributed by atoms with Gasteiger partial charge in [-0.1, -0.05) is 24.3 Å². The number of anilines is 1. The van der Waals surface area contributed by atoms with E-state index in [1.807, 2.05) is 30.6 Å². The van der Waals surface area contributed by atoms with Crippen molar-refractivity contribution in [2.24, 2.45) is 5.73 Å². The minimum Gasteiger partial charge on any atom is -0.496 e. The van der Waals surface area contributed by atoms with Crippen molar-refractivity contribution in [1.29, 1.82) is 0 Å². The average Bonchev–Trinajstić information content (AvgIpc) is 3.44. The minimum atomic E-state index is -0.565. The van der Waals surface area contributed by atoms with Crippen LogP contribution in [0.25, 0.3) is 22.0 Å². The van der Waals surface area contributed by atoms with Crippen molar-refractivity contribution in [2.45, 2.75) is 12.5 Å². The Labute approximate surface area is 173 Å². The number of rotatable bonds is 7. The molecule has 0 aliphatic carbocycles. The van der Waals surface area contributed by atoms with Crippen molar-refractivity contribution in [3.63, 3.8) is 0 Å². The summed E-state index contributed by atoms with van der Waals surface area (Å²) in [6.07, 6.45) is 5.47. The lowest BCUT2D eigenvalue weighted by Gasteiger charge is -2.17. The minimum absolute atomic E-state index is 0.133. The molecule has 6 N–H and O–H groups in total. The third-order valence-corrected chi connectivity index (χ3v) is 5.22. The summed E-state index contributed by atoms with van der Waals surface area (Å²) in [4.78, 5) is 16.3. The lowest BCUT2D eigenvalue weighted by Crippen LogP contribution is -2.27. The van der Waals surface area contributed by atoms with Crippen LogP contribution >= 0.6 is 0 Å². The van der Waals surface area contributed by atoms with Gasteiger partial charge in [-0.2, -0.15) is 5.10 Å². The molecule has 2 aromatic heterocycles. The molecule has 0 saturated carbocycles. The van der Waals surface area contributed by atoms with Gasteiger partial charge >= 0.3 is 0 Å². The number of nitrogens with two attached hydrogens (primary N) is 1. The highest BCUT2D eigenvalue weighted by molar-refractivity contribution is 6.07. The molecule has 8 heteroatoms. The third-order valence-electron chi connectivity index (χ3n) is 5.22. The number of aliphatic hydroxyl groups is 1. The molecule has 1 amide bonds. The van der Waals surface area contributed by atoms with E-state index >= 15 is 0 Å². The van der Waals surface area contributed by atoms with E-state index in [4.69, 9.17) is 10.5 Å². The zero-order valence-electron chi connectivity index (χ0n) is 16.5. The Kier molecular flexibility index (Phi) is 5.51. The number of aromatic amines is 2. The highest BCUT2D eigenvalue weighted by Gasteiger charge is 2.22. The SMILES string of the molecule is COc1cc(C(CN)C(=O)Nc2cccc3c(-c4cn[nH]c4)c[nH]c23)ccc1CO.